The number of benzene rings is 3. The molecule has 3 aromatic rings. The summed E-state index contributed by atoms with van der Waals surface area (Å²) < 4.78 is 37.5. The number of rotatable bonds is 29. The van der Waals surface area contributed by atoms with Gasteiger partial charge in [0, 0.05) is 44.2 Å². The van der Waals surface area contributed by atoms with E-state index in [1.807, 2.05) is 60.7 Å². The Morgan fingerprint density at radius 2 is 1.56 bits per heavy atom. The number of oxime groups is 1. The number of allylic oxidation sites excluding steroid dienone is 1. The number of hydrogen-bond acceptors (Lipinski definition) is 12. The van der Waals surface area contributed by atoms with Crippen molar-refractivity contribution < 1.29 is 53.1 Å². The number of carbonyl (C=O) groups is 2. The van der Waals surface area contributed by atoms with Gasteiger partial charge in [-0.25, -0.2) is 9.59 Å². The molecule has 3 N–H and O–H groups in total. The van der Waals surface area contributed by atoms with Gasteiger partial charge in [-0.3, -0.25) is 4.90 Å². The van der Waals surface area contributed by atoms with E-state index in [0.717, 1.165) is 67.2 Å². The van der Waals surface area contributed by atoms with E-state index in [2.05, 4.69) is 24.9 Å². The van der Waals surface area contributed by atoms with Crippen molar-refractivity contribution in [1.29, 1.82) is 0 Å². The summed E-state index contributed by atoms with van der Waals surface area (Å²) in [7, 11) is 1.36. The summed E-state index contributed by atoms with van der Waals surface area (Å²) in [5.74, 6) is -0.346. The lowest BCUT2D eigenvalue weighted by Crippen LogP contribution is -2.70. The van der Waals surface area contributed by atoms with E-state index in [9.17, 15) is 19.8 Å². The number of nitrogens with one attached hydrogen (secondary N) is 1. The third kappa shape index (κ3) is 13.7. The molecular weight excluding hydrogens is 903 g/mol. The van der Waals surface area contributed by atoms with Gasteiger partial charge in [0.2, 0.25) is 12.6 Å². The summed E-state index contributed by atoms with van der Waals surface area (Å²) in [5.41, 5.74) is 4.09. The van der Waals surface area contributed by atoms with Crippen LogP contribution in [0.1, 0.15) is 139 Å². The highest BCUT2D eigenvalue weighted by molar-refractivity contribution is 6.03. The van der Waals surface area contributed by atoms with Gasteiger partial charge in [-0.2, -0.15) is 0 Å². The fourth-order valence-electron chi connectivity index (χ4n) is 11.1. The van der Waals surface area contributed by atoms with Gasteiger partial charge in [0.1, 0.15) is 24.1 Å². The predicted molar refractivity (Wildman–Crippen MR) is 273 cm³/mol. The number of aliphatic hydroxyl groups is 2. The van der Waals surface area contributed by atoms with Crippen LogP contribution in [0.2, 0.25) is 0 Å². The van der Waals surface area contributed by atoms with Crippen LogP contribution < -0.4 is 24.3 Å². The standard InChI is InChI=1S/C57H77N3O11/c1-4-6-7-8-9-10-11-12-13-19-30-58-55(63)70-44-27-29-49-47(36-44)53-45(25-18-21-32-62)43(24-17-20-31-61)35-46-48(59-69-39-41-22-15-14-16-23-41)37-52(57(71-49,54(46)53)68-33-5-2)60(56(64)65-3)38-42-26-28-50-51(34-42)67-40-66-50/h5,14-16,22-23,26-29,34-36,43,45,52-54,61-62H,2,4,6-13,17-21,24-25,30-33,37-40H2,1,3H3,(H,58,63)/t43-,45+,52-,53+,54+,57+/m0/s1. The third-order valence-electron chi connectivity index (χ3n) is 14.5. The molecule has 2 aliphatic carbocycles. The second-order valence-electron chi connectivity index (χ2n) is 19.3. The third-order valence-corrected chi connectivity index (χ3v) is 14.5. The van der Waals surface area contributed by atoms with Gasteiger partial charge in [0.05, 0.1) is 25.3 Å². The minimum atomic E-state index is -1.53. The molecular formula is C57H77N3O11. The molecule has 0 saturated heterocycles. The number of aliphatic hydroxyl groups excluding tert-OH is 2. The fraction of sp³-hybridized carbons (Fsp3) is 0.561. The summed E-state index contributed by atoms with van der Waals surface area (Å²) in [6.07, 6.45) is 19.4. The quantitative estimate of drug-likeness (QED) is 0.0344. The molecule has 14 nitrogen and oxygen atoms in total. The van der Waals surface area contributed by atoms with Crippen molar-refractivity contribution in [3.8, 4) is 23.0 Å². The maximum absolute atomic E-state index is 14.4. The summed E-state index contributed by atoms with van der Waals surface area (Å²) in [4.78, 5) is 35.8. The Balaban J connectivity index is 1.27. The fourth-order valence-corrected chi connectivity index (χ4v) is 11.1. The lowest BCUT2D eigenvalue weighted by Gasteiger charge is -2.59. The number of unbranched alkanes of at least 4 members (excludes halogenated alkanes) is 11. The van der Waals surface area contributed by atoms with Gasteiger partial charge >= 0.3 is 12.2 Å². The SMILES string of the molecule is C=CCO[C@@]12Oc3ccc(OC(=O)NCCCCCCCCCCCC)cc3[C@H]3[C@H](CCCCO)[C@@H](CCCCO)C=C(C(=NOCc4ccccc4)C[C@@H]1N(Cc1ccc4c(c1)OCO4)C(=O)OC)[C@H]32. The second-order valence-corrected chi connectivity index (χ2v) is 19.3. The maximum atomic E-state index is 14.4. The number of nitrogens with zero attached hydrogens (tertiary/aromatic N) is 2. The van der Waals surface area contributed by atoms with Crippen molar-refractivity contribution in [3.05, 3.63) is 108 Å². The van der Waals surface area contributed by atoms with Crippen LogP contribution in [0.5, 0.6) is 23.0 Å². The molecule has 386 valence electrons. The van der Waals surface area contributed by atoms with Gasteiger partial charge in [-0.05, 0) is 91.0 Å². The lowest BCUT2D eigenvalue weighted by molar-refractivity contribution is -0.256. The van der Waals surface area contributed by atoms with Crippen molar-refractivity contribution in [1.82, 2.24) is 10.2 Å². The van der Waals surface area contributed by atoms with E-state index >= 15 is 0 Å². The van der Waals surface area contributed by atoms with Crippen LogP contribution in [0, 0.1) is 17.8 Å². The summed E-state index contributed by atoms with van der Waals surface area (Å²) in [5, 5.41) is 28.0. The van der Waals surface area contributed by atoms with Crippen LogP contribution in [0.4, 0.5) is 9.59 Å². The largest absolute Gasteiger partial charge is 0.459 e. The summed E-state index contributed by atoms with van der Waals surface area (Å²) in [6.45, 7) is 7.46. The number of methoxy groups -OCH3 is 1. The van der Waals surface area contributed by atoms with E-state index in [4.69, 9.17) is 38.4 Å². The number of ether oxygens (including phenoxy) is 6. The molecule has 1 fully saturated rings. The predicted octanol–water partition coefficient (Wildman–Crippen LogP) is 11.5. The smallest absolute Gasteiger partial charge is 0.412 e. The van der Waals surface area contributed by atoms with Gasteiger partial charge in [0.25, 0.3) is 0 Å². The van der Waals surface area contributed by atoms with Crippen molar-refractivity contribution in [3.63, 3.8) is 0 Å². The molecule has 4 aliphatic rings. The van der Waals surface area contributed by atoms with Gasteiger partial charge in [-0.15, -0.1) is 6.58 Å². The van der Waals surface area contributed by atoms with Gasteiger partial charge < -0.3 is 48.8 Å². The first kappa shape index (κ1) is 53.2. The zero-order chi connectivity index (χ0) is 49.8. The van der Waals surface area contributed by atoms with E-state index < -0.39 is 29.9 Å². The Bertz CT molecular complexity index is 2230. The summed E-state index contributed by atoms with van der Waals surface area (Å²) >= 11 is 0. The van der Waals surface area contributed by atoms with Gasteiger partial charge in [0.15, 0.2) is 11.5 Å². The normalized spacial score (nSPS) is 22.1. The monoisotopic (exact) mass is 980 g/mol. The zero-order valence-corrected chi connectivity index (χ0v) is 42.0. The molecule has 0 spiro atoms. The number of fused-ring (bicyclic) bond motifs is 3. The lowest BCUT2D eigenvalue weighted by atomic mass is 9.55. The molecule has 14 heteroatoms. The molecule has 0 aromatic heterocycles. The second kappa shape index (κ2) is 27.3. The molecule has 71 heavy (non-hydrogen) atoms. The first-order valence-electron chi connectivity index (χ1n) is 26.3. The van der Waals surface area contributed by atoms with Crippen LogP contribution >= 0.6 is 0 Å². The highest BCUT2D eigenvalue weighted by Crippen LogP contribution is 2.62. The molecule has 3 aromatic carbocycles. The average Bonchev–Trinajstić information content (AvgIpc) is 3.86. The molecule has 2 heterocycles. The number of carbonyl (C=O) groups excluding carboxylic acids is 2. The highest BCUT2D eigenvalue weighted by Gasteiger charge is 2.65. The van der Waals surface area contributed by atoms with Crippen molar-refractivity contribution in [2.75, 3.05) is 40.3 Å². The highest BCUT2D eigenvalue weighted by atomic mass is 16.7. The van der Waals surface area contributed by atoms with E-state index in [1.54, 1.807) is 17.0 Å². The van der Waals surface area contributed by atoms with E-state index in [-0.39, 0.29) is 63.9 Å². The minimum absolute atomic E-state index is 0.00898. The average molecular weight is 980 g/mol. The molecule has 2 amide bonds. The molecule has 6 atom stereocenters. The molecule has 1 saturated carbocycles. The summed E-state index contributed by atoms with van der Waals surface area (Å²) in [6, 6.07) is 20.1. The Labute approximate surface area is 420 Å². The molecule has 7 rings (SSSR count). The van der Waals surface area contributed by atoms with Crippen LogP contribution in [0.15, 0.2) is 96.2 Å². The molecule has 0 radical (unpaired) electrons. The van der Waals surface area contributed by atoms with Crippen LogP contribution in [0.3, 0.4) is 0 Å². The van der Waals surface area contributed by atoms with E-state index in [1.165, 1.54) is 52.1 Å². The first-order chi connectivity index (χ1) is 34.8. The van der Waals surface area contributed by atoms with Crippen LogP contribution in [-0.4, -0.2) is 85.1 Å². The molecule has 0 bridgehead atoms. The Kier molecular flexibility index (Phi) is 20.5. The van der Waals surface area contributed by atoms with Crippen molar-refractivity contribution >= 4 is 17.9 Å². The van der Waals surface area contributed by atoms with Crippen LogP contribution in [-0.2, 0) is 27.5 Å². The van der Waals surface area contributed by atoms with Crippen molar-refractivity contribution in [2.45, 2.75) is 147 Å². The minimum Gasteiger partial charge on any atom is -0.459 e. The topological polar surface area (TPSA) is 167 Å². The Hall–Kier alpha value is -5.57. The number of amides is 2. The van der Waals surface area contributed by atoms with Crippen molar-refractivity contribution in [2.24, 2.45) is 22.9 Å². The molecule has 0 unspecified atom stereocenters. The van der Waals surface area contributed by atoms with E-state index in [0.29, 0.717) is 48.1 Å². The Morgan fingerprint density at radius 3 is 2.30 bits per heavy atom. The number of hydrogen-bond donors (Lipinski definition) is 3. The Morgan fingerprint density at radius 1 is 0.845 bits per heavy atom. The zero-order valence-electron chi connectivity index (χ0n) is 42.0. The van der Waals surface area contributed by atoms with Gasteiger partial charge in [-0.1, -0.05) is 131 Å². The molecule has 2 aliphatic heterocycles. The first-order valence-corrected chi connectivity index (χ1v) is 26.3. The maximum Gasteiger partial charge on any atom is 0.412 e. The van der Waals surface area contributed by atoms with Crippen LogP contribution in [0.25, 0.3) is 0 Å².